The van der Waals surface area contributed by atoms with Gasteiger partial charge in [-0.25, -0.2) is 4.68 Å². The maximum Gasteiger partial charge on any atom is 0.273 e. The Kier molecular flexibility index (Phi) is 4.97. The van der Waals surface area contributed by atoms with Gasteiger partial charge < -0.3 is 20.1 Å². The highest BCUT2D eigenvalue weighted by molar-refractivity contribution is 5.93. The van der Waals surface area contributed by atoms with Crippen LogP contribution in [0.2, 0.25) is 0 Å². The number of hydrogen-bond acceptors (Lipinski definition) is 6. The number of piperidine rings is 1. The van der Waals surface area contributed by atoms with Crippen LogP contribution >= 0.6 is 0 Å². The van der Waals surface area contributed by atoms with Crippen molar-refractivity contribution in [2.24, 2.45) is 0 Å². The second kappa shape index (κ2) is 7.43. The number of ether oxygens (including phenoxy) is 2. The molecule has 4 rings (SSSR count). The third-order valence-electron chi connectivity index (χ3n) is 5.64. The van der Waals surface area contributed by atoms with Gasteiger partial charge in [-0.05, 0) is 50.6 Å². The first-order valence-corrected chi connectivity index (χ1v) is 9.76. The van der Waals surface area contributed by atoms with Crippen LogP contribution in [0.3, 0.4) is 0 Å². The number of rotatable bonds is 5. The van der Waals surface area contributed by atoms with Gasteiger partial charge in [0.05, 0.1) is 11.7 Å². The first-order chi connectivity index (χ1) is 13.5. The minimum absolute atomic E-state index is 0.188. The molecule has 0 atom stereocenters. The molecule has 0 aliphatic carbocycles. The molecule has 1 fully saturated rings. The Morgan fingerprint density at radius 3 is 2.82 bits per heavy atom. The summed E-state index contributed by atoms with van der Waals surface area (Å²) in [7, 11) is 0. The van der Waals surface area contributed by atoms with Gasteiger partial charge in [-0.1, -0.05) is 25.1 Å². The molecule has 1 aromatic heterocycles. The minimum atomic E-state index is -0.268. The van der Waals surface area contributed by atoms with Crippen molar-refractivity contribution in [1.82, 2.24) is 25.6 Å². The molecule has 3 heterocycles. The highest BCUT2D eigenvalue weighted by Gasteiger charge is 2.27. The van der Waals surface area contributed by atoms with Crippen molar-refractivity contribution in [2.75, 3.05) is 26.4 Å². The number of fused-ring (bicyclic) bond motifs is 1. The van der Waals surface area contributed by atoms with Crippen molar-refractivity contribution in [3.05, 3.63) is 35.2 Å². The largest absolute Gasteiger partial charge is 0.454 e. The molecule has 2 aliphatic rings. The zero-order valence-electron chi connectivity index (χ0n) is 16.6. The van der Waals surface area contributed by atoms with Crippen molar-refractivity contribution in [3.8, 4) is 11.5 Å². The molecule has 8 heteroatoms. The molecule has 0 spiro atoms. The Labute approximate surface area is 164 Å². The van der Waals surface area contributed by atoms with E-state index in [1.807, 2.05) is 29.8 Å². The molecule has 2 aliphatic heterocycles. The van der Waals surface area contributed by atoms with Gasteiger partial charge in [0.2, 0.25) is 6.79 Å². The zero-order chi connectivity index (χ0) is 19.7. The van der Waals surface area contributed by atoms with Crippen molar-refractivity contribution < 1.29 is 14.3 Å². The van der Waals surface area contributed by atoms with E-state index >= 15 is 0 Å². The maximum absolute atomic E-state index is 12.7. The predicted octanol–water partition coefficient (Wildman–Crippen LogP) is 1.95. The monoisotopic (exact) mass is 385 g/mol. The maximum atomic E-state index is 12.7. The van der Waals surface area contributed by atoms with Gasteiger partial charge in [0.25, 0.3) is 5.91 Å². The Morgan fingerprint density at radius 1 is 1.29 bits per heavy atom. The number of nitrogens with zero attached hydrogens (tertiary/aromatic N) is 3. The first-order valence-electron chi connectivity index (χ1n) is 9.76. The second-order valence-corrected chi connectivity index (χ2v) is 8.08. The SMILES string of the molecule is Cc1c(C(=O)NCC(C)(C)c2ccc3c(c2)OCO3)nnn1C1CCNCC1. The quantitative estimate of drug-likeness (QED) is 0.818. The Balaban J connectivity index is 1.43. The van der Waals surface area contributed by atoms with Crippen LogP contribution in [0.1, 0.15) is 54.5 Å². The number of aromatic nitrogens is 3. The smallest absolute Gasteiger partial charge is 0.273 e. The Hall–Kier alpha value is -2.61. The van der Waals surface area contributed by atoms with E-state index in [1.165, 1.54) is 0 Å². The average Bonchev–Trinajstić information content (AvgIpc) is 3.32. The molecule has 28 heavy (non-hydrogen) atoms. The Morgan fingerprint density at radius 2 is 2.04 bits per heavy atom. The lowest BCUT2D eigenvalue weighted by Gasteiger charge is -2.26. The number of carbonyl (C=O) groups excluding carboxylic acids is 1. The number of nitrogens with one attached hydrogen (secondary N) is 2. The molecule has 150 valence electrons. The molecular weight excluding hydrogens is 358 g/mol. The minimum Gasteiger partial charge on any atom is -0.454 e. The standard InChI is InChI=1S/C20H27N5O3/c1-13-18(23-24-25(13)15-6-8-21-9-7-15)19(26)22-11-20(2,3)14-4-5-16-17(10-14)28-12-27-16/h4-5,10,15,21H,6-9,11-12H2,1-3H3,(H,22,26). The van der Waals surface area contributed by atoms with Crippen molar-refractivity contribution >= 4 is 5.91 Å². The van der Waals surface area contributed by atoms with Crippen LogP contribution in [0.25, 0.3) is 0 Å². The van der Waals surface area contributed by atoms with Gasteiger partial charge in [0.15, 0.2) is 17.2 Å². The lowest BCUT2D eigenvalue weighted by Crippen LogP contribution is -2.37. The van der Waals surface area contributed by atoms with Crippen LogP contribution in [0.4, 0.5) is 0 Å². The van der Waals surface area contributed by atoms with Crippen LogP contribution in [-0.2, 0) is 5.41 Å². The normalized spacial score (nSPS) is 17.0. The van der Waals surface area contributed by atoms with E-state index in [4.69, 9.17) is 9.47 Å². The summed E-state index contributed by atoms with van der Waals surface area (Å²) in [6, 6.07) is 6.21. The van der Waals surface area contributed by atoms with Gasteiger partial charge in [-0.3, -0.25) is 4.79 Å². The van der Waals surface area contributed by atoms with Crippen LogP contribution in [0, 0.1) is 6.92 Å². The van der Waals surface area contributed by atoms with Gasteiger partial charge in [-0.2, -0.15) is 0 Å². The molecule has 2 aromatic rings. The summed E-state index contributed by atoms with van der Waals surface area (Å²) < 4.78 is 12.7. The van der Waals surface area contributed by atoms with Gasteiger partial charge in [0.1, 0.15) is 0 Å². The number of amides is 1. The number of hydrogen-bond donors (Lipinski definition) is 2. The highest BCUT2D eigenvalue weighted by atomic mass is 16.7. The van der Waals surface area contributed by atoms with E-state index in [1.54, 1.807) is 0 Å². The summed E-state index contributed by atoms with van der Waals surface area (Å²) in [6.07, 6.45) is 2.00. The third kappa shape index (κ3) is 3.56. The first kappa shape index (κ1) is 18.7. The van der Waals surface area contributed by atoms with E-state index < -0.39 is 0 Å². The molecule has 1 saturated heterocycles. The fourth-order valence-corrected chi connectivity index (χ4v) is 3.75. The molecule has 8 nitrogen and oxygen atoms in total. The number of benzene rings is 1. The fourth-order valence-electron chi connectivity index (χ4n) is 3.75. The highest BCUT2D eigenvalue weighted by Crippen LogP contribution is 2.36. The van der Waals surface area contributed by atoms with Crippen molar-refractivity contribution in [2.45, 2.75) is 45.1 Å². The topological polar surface area (TPSA) is 90.3 Å². The van der Waals surface area contributed by atoms with Crippen LogP contribution in [0.5, 0.6) is 11.5 Å². The molecule has 0 radical (unpaired) electrons. The summed E-state index contributed by atoms with van der Waals surface area (Å²) in [5.41, 5.74) is 2.03. The average molecular weight is 385 g/mol. The van der Waals surface area contributed by atoms with Crippen LogP contribution in [-0.4, -0.2) is 47.3 Å². The predicted molar refractivity (Wildman–Crippen MR) is 104 cm³/mol. The lowest BCUT2D eigenvalue weighted by molar-refractivity contribution is 0.0940. The molecule has 1 aromatic carbocycles. The molecule has 1 amide bonds. The fraction of sp³-hybridized carbons (Fsp3) is 0.550. The van der Waals surface area contributed by atoms with Gasteiger partial charge >= 0.3 is 0 Å². The third-order valence-corrected chi connectivity index (χ3v) is 5.64. The summed E-state index contributed by atoms with van der Waals surface area (Å²) in [6.45, 7) is 8.75. The van der Waals surface area contributed by atoms with Crippen molar-refractivity contribution in [1.29, 1.82) is 0 Å². The number of carbonyl (C=O) groups is 1. The molecular formula is C20H27N5O3. The van der Waals surface area contributed by atoms with E-state index in [2.05, 4.69) is 34.8 Å². The Bertz CT molecular complexity index is 871. The van der Waals surface area contributed by atoms with E-state index in [-0.39, 0.29) is 18.1 Å². The van der Waals surface area contributed by atoms with E-state index in [0.717, 1.165) is 48.7 Å². The zero-order valence-corrected chi connectivity index (χ0v) is 16.6. The van der Waals surface area contributed by atoms with Crippen LogP contribution in [0.15, 0.2) is 18.2 Å². The lowest BCUT2D eigenvalue weighted by atomic mass is 9.84. The molecule has 0 saturated carbocycles. The summed E-state index contributed by atoms with van der Waals surface area (Å²) in [4.78, 5) is 12.7. The van der Waals surface area contributed by atoms with Gasteiger partial charge in [-0.15, -0.1) is 5.10 Å². The molecule has 0 unspecified atom stereocenters. The van der Waals surface area contributed by atoms with Crippen molar-refractivity contribution in [3.63, 3.8) is 0 Å². The van der Waals surface area contributed by atoms with Gasteiger partial charge in [0, 0.05) is 12.0 Å². The summed E-state index contributed by atoms with van der Waals surface area (Å²) >= 11 is 0. The second-order valence-electron chi connectivity index (χ2n) is 8.08. The molecule has 2 N–H and O–H groups in total. The summed E-state index contributed by atoms with van der Waals surface area (Å²) in [5, 5.41) is 14.8. The van der Waals surface area contributed by atoms with E-state index in [0.29, 0.717) is 18.3 Å². The van der Waals surface area contributed by atoms with E-state index in [9.17, 15) is 4.79 Å². The van der Waals surface area contributed by atoms with Crippen LogP contribution < -0.4 is 20.1 Å². The molecule has 0 bridgehead atoms. The summed E-state index contributed by atoms with van der Waals surface area (Å²) in [5.74, 6) is 1.32.